The highest BCUT2D eigenvalue weighted by Crippen LogP contribution is 2.30. The molecule has 2 N–H and O–H groups in total. The number of Topliss-reactive ketones (excluding diaryl/α,β-unsaturated/α-hetero) is 2. The van der Waals surface area contributed by atoms with E-state index in [9.17, 15) is 14.4 Å². The van der Waals surface area contributed by atoms with E-state index in [2.05, 4.69) is 10.6 Å². The third-order valence-electron chi connectivity index (χ3n) is 5.15. The van der Waals surface area contributed by atoms with Gasteiger partial charge in [0.1, 0.15) is 23.4 Å². The number of hydrogen-bond donors (Lipinski definition) is 2. The maximum Gasteiger partial charge on any atom is 0.166 e. The topological polar surface area (TPSA) is 88.4 Å². The Morgan fingerprint density at radius 3 is 2.75 bits per heavy atom. The summed E-state index contributed by atoms with van der Waals surface area (Å²) in [6, 6.07) is 8.89. The van der Waals surface area contributed by atoms with Gasteiger partial charge in [0.15, 0.2) is 5.78 Å². The predicted octanol–water partition coefficient (Wildman–Crippen LogP) is 2.15. The first-order valence-electron chi connectivity index (χ1n) is 9.36. The lowest BCUT2D eigenvalue weighted by Gasteiger charge is -2.21. The van der Waals surface area contributed by atoms with Crippen molar-refractivity contribution >= 4 is 52.3 Å². The Morgan fingerprint density at radius 1 is 1.14 bits per heavy atom. The van der Waals surface area contributed by atoms with Gasteiger partial charge in [-0.25, -0.2) is 0 Å². The minimum atomic E-state index is -0.511. The van der Waals surface area contributed by atoms with Crippen molar-refractivity contribution in [1.82, 2.24) is 10.6 Å². The molecule has 28 heavy (non-hydrogen) atoms. The Labute approximate surface area is 171 Å². The van der Waals surface area contributed by atoms with E-state index >= 15 is 0 Å². The molecule has 1 aromatic carbocycles. The second-order valence-electron chi connectivity index (χ2n) is 6.98. The number of furan rings is 1. The lowest BCUT2D eigenvalue weighted by Crippen LogP contribution is -2.49. The van der Waals surface area contributed by atoms with E-state index < -0.39 is 17.3 Å². The summed E-state index contributed by atoms with van der Waals surface area (Å²) in [5.41, 5.74) is 0.859. The fourth-order valence-electron chi connectivity index (χ4n) is 3.70. The number of thioether (sulfide) groups is 2. The normalized spacial score (nSPS) is 27.3. The van der Waals surface area contributed by atoms with Crippen molar-refractivity contribution in [3.05, 3.63) is 36.1 Å². The van der Waals surface area contributed by atoms with Crippen LogP contribution in [-0.2, 0) is 20.8 Å². The SMILES string of the molecule is O=C[C@H]1NCSC1C(=O)[C@H]1NCSC1C(=O)CCCc1cc2ccccc2o1. The lowest BCUT2D eigenvalue weighted by atomic mass is 9.97. The Kier molecular flexibility index (Phi) is 6.20. The van der Waals surface area contributed by atoms with Gasteiger partial charge in [0.2, 0.25) is 0 Å². The molecule has 3 heterocycles. The summed E-state index contributed by atoms with van der Waals surface area (Å²) in [7, 11) is 0. The van der Waals surface area contributed by atoms with Crippen LogP contribution in [0.3, 0.4) is 0 Å². The largest absolute Gasteiger partial charge is 0.461 e. The zero-order valence-corrected chi connectivity index (χ0v) is 16.9. The average molecular weight is 419 g/mol. The van der Waals surface area contributed by atoms with E-state index in [1.54, 1.807) is 0 Å². The summed E-state index contributed by atoms with van der Waals surface area (Å²) in [4.78, 5) is 36.8. The lowest BCUT2D eigenvalue weighted by molar-refractivity contribution is -0.125. The highest BCUT2D eigenvalue weighted by Gasteiger charge is 2.44. The van der Waals surface area contributed by atoms with Crippen LogP contribution in [0.2, 0.25) is 0 Å². The van der Waals surface area contributed by atoms with Gasteiger partial charge in [0, 0.05) is 30.0 Å². The number of benzene rings is 1. The molecule has 2 unspecified atom stereocenters. The van der Waals surface area contributed by atoms with Crippen molar-refractivity contribution in [2.75, 3.05) is 11.8 Å². The number of ketones is 2. The number of para-hydroxylation sites is 1. The third kappa shape index (κ3) is 4.05. The molecule has 2 aromatic rings. The van der Waals surface area contributed by atoms with Gasteiger partial charge in [-0.15, -0.1) is 23.5 Å². The third-order valence-corrected chi connectivity index (χ3v) is 7.60. The van der Waals surface area contributed by atoms with Gasteiger partial charge in [0.25, 0.3) is 0 Å². The molecule has 4 atom stereocenters. The number of fused-ring (bicyclic) bond motifs is 1. The molecule has 0 amide bonds. The van der Waals surface area contributed by atoms with Crippen LogP contribution in [-0.4, -0.2) is 52.2 Å². The Bertz CT molecular complexity index is 851. The van der Waals surface area contributed by atoms with Crippen molar-refractivity contribution in [2.24, 2.45) is 0 Å². The summed E-state index contributed by atoms with van der Waals surface area (Å²) in [6.45, 7) is 0. The number of rotatable bonds is 8. The van der Waals surface area contributed by atoms with Crippen LogP contribution in [0.1, 0.15) is 18.6 Å². The molecule has 2 aliphatic heterocycles. The molecule has 0 saturated carbocycles. The molecule has 2 fully saturated rings. The van der Waals surface area contributed by atoms with Crippen LogP contribution in [0.4, 0.5) is 0 Å². The monoisotopic (exact) mass is 418 g/mol. The minimum Gasteiger partial charge on any atom is -0.461 e. The second-order valence-corrected chi connectivity index (χ2v) is 9.24. The summed E-state index contributed by atoms with van der Waals surface area (Å²) in [6.07, 6.45) is 2.58. The van der Waals surface area contributed by atoms with Crippen molar-refractivity contribution in [2.45, 2.75) is 41.8 Å². The highest BCUT2D eigenvalue weighted by atomic mass is 32.2. The van der Waals surface area contributed by atoms with Gasteiger partial charge in [-0.3, -0.25) is 20.2 Å². The average Bonchev–Trinajstić information content (AvgIpc) is 3.45. The van der Waals surface area contributed by atoms with E-state index in [0.29, 0.717) is 31.0 Å². The Hall–Kier alpha value is -1.61. The molecule has 8 heteroatoms. The summed E-state index contributed by atoms with van der Waals surface area (Å²) in [5, 5.41) is 6.44. The van der Waals surface area contributed by atoms with Crippen molar-refractivity contribution < 1.29 is 18.8 Å². The maximum atomic E-state index is 12.9. The fourth-order valence-corrected chi connectivity index (χ4v) is 6.03. The van der Waals surface area contributed by atoms with Gasteiger partial charge < -0.3 is 9.21 Å². The van der Waals surface area contributed by atoms with Gasteiger partial charge >= 0.3 is 0 Å². The van der Waals surface area contributed by atoms with Crippen LogP contribution >= 0.6 is 23.5 Å². The van der Waals surface area contributed by atoms with Crippen LogP contribution in [0.5, 0.6) is 0 Å². The molecule has 0 bridgehead atoms. The molecule has 2 aliphatic rings. The van der Waals surface area contributed by atoms with Crippen LogP contribution in [0.15, 0.2) is 34.7 Å². The quantitative estimate of drug-likeness (QED) is 0.631. The molecule has 1 aromatic heterocycles. The molecule has 148 valence electrons. The zero-order chi connectivity index (χ0) is 19.5. The molecule has 4 rings (SSSR count). The first kappa shape index (κ1) is 19.7. The van der Waals surface area contributed by atoms with Crippen LogP contribution < -0.4 is 10.6 Å². The summed E-state index contributed by atoms with van der Waals surface area (Å²) < 4.78 is 5.80. The molecule has 2 saturated heterocycles. The number of nitrogens with one attached hydrogen (secondary N) is 2. The standard InChI is InChI=1S/C20H22N2O4S2/c23-9-14-19(27-10-21-14)18(25)17-20(28-11-22-17)15(24)6-3-5-13-8-12-4-1-2-7-16(12)26-13/h1-2,4,7-9,14,17,19-22H,3,5-6,10-11H2/t14-,17-,19?,20?/m1/s1. The molecular weight excluding hydrogens is 396 g/mol. The first-order chi connectivity index (χ1) is 13.7. The minimum absolute atomic E-state index is 0.0484. The van der Waals surface area contributed by atoms with Gasteiger partial charge in [-0.05, 0) is 18.6 Å². The van der Waals surface area contributed by atoms with Crippen LogP contribution in [0, 0.1) is 0 Å². The Morgan fingerprint density at radius 2 is 1.93 bits per heavy atom. The van der Waals surface area contributed by atoms with Crippen molar-refractivity contribution in [3.8, 4) is 0 Å². The number of hydrogen-bond acceptors (Lipinski definition) is 8. The van der Waals surface area contributed by atoms with E-state index in [1.807, 2.05) is 30.3 Å². The van der Waals surface area contributed by atoms with E-state index in [0.717, 1.165) is 23.0 Å². The van der Waals surface area contributed by atoms with Crippen molar-refractivity contribution in [3.63, 3.8) is 0 Å². The second kappa shape index (κ2) is 8.82. The van der Waals surface area contributed by atoms with Gasteiger partial charge in [0.05, 0.1) is 22.6 Å². The number of carbonyl (C=O) groups excluding carboxylic acids is 3. The smallest absolute Gasteiger partial charge is 0.166 e. The summed E-state index contributed by atoms with van der Waals surface area (Å²) >= 11 is 2.92. The number of aryl methyl sites for hydroxylation is 1. The van der Waals surface area contributed by atoms with E-state index in [-0.39, 0.29) is 16.8 Å². The van der Waals surface area contributed by atoms with Gasteiger partial charge in [-0.1, -0.05) is 18.2 Å². The summed E-state index contributed by atoms with van der Waals surface area (Å²) in [5.74, 6) is 2.07. The number of carbonyl (C=O) groups is 3. The first-order valence-corrected chi connectivity index (χ1v) is 11.5. The van der Waals surface area contributed by atoms with E-state index in [4.69, 9.17) is 4.42 Å². The molecule has 0 aliphatic carbocycles. The van der Waals surface area contributed by atoms with Crippen molar-refractivity contribution in [1.29, 1.82) is 0 Å². The zero-order valence-electron chi connectivity index (χ0n) is 15.3. The molecule has 0 spiro atoms. The molecular formula is C20H22N2O4S2. The molecule has 6 nitrogen and oxygen atoms in total. The Balaban J connectivity index is 1.33. The van der Waals surface area contributed by atoms with Crippen LogP contribution in [0.25, 0.3) is 11.0 Å². The highest BCUT2D eigenvalue weighted by molar-refractivity contribution is 8.01. The van der Waals surface area contributed by atoms with Gasteiger partial charge in [-0.2, -0.15) is 0 Å². The fraction of sp³-hybridized carbons (Fsp3) is 0.450. The number of aldehydes is 1. The maximum absolute atomic E-state index is 12.9. The molecule has 0 radical (unpaired) electrons. The van der Waals surface area contributed by atoms with E-state index in [1.165, 1.54) is 23.5 Å². The predicted molar refractivity (Wildman–Crippen MR) is 112 cm³/mol.